The van der Waals surface area contributed by atoms with Crippen molar-refractivity contribution >= 4 is 17.5 Å². The number of benzene rings is 1. The van der Waals surface area contributed by atoms with Gasteiger partial charge >= 0.3 is 0 Å². The van der Waals surface area contributed by atoms with E-state index in [9.17, 15) is 4.79 Å². The van der Waals surface area contributed by atoms with E-state index < -0.39 is 0 Å². The van der Waals surface area contributed by atoms with Gasteiger partial charge < -0.3 is 14.2 Å². The highest BCUT2D eigenvalue weighted by Gasteiger charge is 2.60. The monoisotopic (exact) mass is 463 g/mol. The Morgan fingerprint density at radius 3 is 2.94 bits per heavy atom. The van der Waals surface area contributed by atoms with Crippen LogP contribution >= 0.6 is 11.8 Å². The highest BCUT2D eigenvalue weighted by Crippen LogP contribution is 2.59. The molecule has 5 rings (SSSR count). The van der Waals surface area contributed by atoms with Gasteiger partial charge in [-0.1, -0.05) is 17.8 Å². The maximum Gasteiger partial charge on any atom is 0.191 e. The van der Waals surface area contributed by atoms with E-state index in [2.05, 4.69) is 32.2 Å². The number of methoxy groups -OCH3 is 1. The summed E-state index contributed by atoms with van der Waals surface area (Å²) >= 11 is 1.75. The van der Waals surface area contributed by atoms with Crippen molar-refractivity contribution in [1.29, 1.82) is 0 Å². The zero-order valence-electron chi connectivity index (χ0n) is 19.3. The number of ether oxygens (including phenoxy) is 1. The molecule has 33 heavy (non-hydrogen) atoms. The minimum Gasteiger partial charge on any atom is -0.496 e. The van der Waals surface area contributed by atoms with Gasteiger partial charge in [-0.2, -0.15) is 0 Å². The van der Waals surface area contributed by atoms with Crippen molar-refractivity contribution in [3.63, 3.8) is 0 Å². The number of pyridine rings is 1. The number of fused-ring (bicyclic) bond motifs is 1. The fraction of sp³-hybridized carbons (Fsp3) is 0.440. The number of carbonyl (C=O) groups excluding carboxylic acids is 1. The van der Waals surface area contributed by atoms with Crippen molar-refractivity contribution in [3.8, 4) is 17.1 Å². The molecule has 0 amide bonds. The van der Waals surface area contributed by atoms with E-state index in [0.717, 1.165) is 48.4 Å². The average Bonchev–Trinajstić information content (AvgIpc) is 3.21. The van der Waals surface area contributed by atoms with Crippen molar-refractivity contribution in [2.45, 2.75) is 30.3 Å². The number of rotatable bonds is 9. The van der Waals surface area contributed by atoms with Crippen LogP contribution < -0.4 is 4.74 Å². The van der Waals surface area contributed by atoms with E-state index >= 15 is 0 Å². The van der Waals surface area contributed by atoms with Gasteiger partial charge in [-0.15, -0.1) is 10.2 Å². The molecule has 0 N–H and O–H groups in total. The molecule has 2 aliphatic rings. The van der Waals surface area contributed by atoms with Crippen LogP contribution in [0.2, 0.25) is 0 Å². The van der Waals surface area contributed by atoms with Crippen LogP contribution in [0.25, 0.3) is 11.4 Å². The van der Waals surface area contributed by atoms with Crippen LogP contribution in [0.4, 0.5) is 0 Å². The predicted octanol–water partition coefficient (Wildman–Crippen LogP) is 3.84. The molecule has 2 aromatic heterocycles. The van der Waals surface area contributed by atoms with E-state index in [0.29, 0.717) is 17.2 Å². The molecule has 0 bridgehead atoms. The van der Waals surface area contributed by atoms with Crippen LogP contribution in [0.3, 0.4) is 0 Å². The van der Waals surface area contributed by atoms with Gasteiger partial charge in [-0.3, -0.25) is 9.78 Å². The lowest BCUT2D eigenvalue weighted by Gasteiger charge is -2.21. The van der Waals surface area contributed by atoms with Crippen molar-refractivity contribution in [3.05, 3.63) is 53.9 Å². The third-order valence-electron chi connectivity index (χ3n) is 6.97. The molecule has 1 aliphatic carbocycles. The van der Waals surface area contributed by atoms with Crippen molar-refractivity contribution in [2.24, 2.45) is 13.0 Å². The number of carbonyl (C=O) groups is 1. The van der Waals surface area contributed by atoms with Crippen LogP contribution in [0.5, 0.6) is 5.75 Å². The zero-order chi connectivity index (χ0) is 23.0. The Morgan fingerprint density at radius 1 is 1.30 bits per heavy atom. The van der Waals surface area contributed by atoms with Crippen LogP contribution in [0.1, 0.15) is 35.7 Å². The molecular formula is C25H29N5O2S. The molecule has 3 aromatic rings. The van der Waals surface area contributed by atoms with Crippen molar-refractivity contribution < 1.29 is 9.53 Å². The Bertz CT molecular complexity index is 1160. The SMILES string of the molecule is COc1ccc([C@]23C[C@H]2CN(CCCSc2nnc(-c4cccnc4)n2C)C3)cc1C(C)=O. The van der Waals surface area contributed by atoms with Gasteiger partial charge in [-0.05, 0) is 62.1 Å². The van der Waals surface area contributed by atoms with Gasteiger partial charge in [0, 0.05) is 49.3 Å². The first-order chi connectivity index (χ1) is 16.0. The summed E-state index contributed by atoms with van der Waals surface area (Å²) in [5, 5.41) is 9.64. The molecule has 7 nitrogen and oxygen atoms in total. The van der Waals surface area contributed by atoms with Gasteiger partial charge in [0.05, 0.1) is 12.7 Å². The van der Waals surface area contributed by atoms with Gasteiger partial charge in [0.25, 0.3) is 0 Å². The lowest BCUT2D eigenvalue weighted by atomic mass is 9.92. The normalized spacial score (nSPS) is 21.7. The Labute approximate surface area is 198 Å². The fourth-order valence-electron chi connectivity index (χ4n) is 5.14. The maximum absolute atomic E-state index is 12.1. The Morgan fingerprint density at radius 2 is 2.18 bits per heavy atom. The number of hydrogen-bond acceptors (Lipinski definition) is 7. The quantitative estimate of drug-likeness (QED) is 0.271. The Balaban J connectivity index is 1.15. The highest BCUT2D eigenvalue weighted by molar-refractivity contribution is 7.99. The van der Waals surface area contributed by atoms with Crippen LogP contribution in [0.15, 0.2) is 47.9 Å². The standard InChI is InChI=1S/C25H29N5O2S/c1-17(31)21-12-19(7-8-22(21)32-3)25-13-20(25)15-30(16-25)10-5-11-33-24-28-27-23(29(24)2)18-6-4-9-26-14-18/h4,6-9,12,14,20H,5,10-11,13,15-16H2,1-3H3/t20-,25+/m0/s1. The number of Topliss-reactive ketones (excluding diaryl/α,β-unsaturated/α-hetero) is 1. The number of thioether (sulfide) groups is 1. The van der Waals surface area contributed by atoms with E-state index in [1.807, 2.05) is 36.0 Å². The first-order valence-corrected chi connectivity index (χ1v) is 12.3. The first-order valence-electron chi connectivity index (χ1n) is 11.4. The molecule has 2 fully saturated rings. The number of hydrogen-bond donors (Lipinski definition) is 0. The Hall–Kier alpha value is -2.71. The van der Waals surface area contributed by atoms with Crippen LogP contribution in [-0.2, 0) is 12.5 Å². The third-order valence-corrected chi connectivity index (χ3v) is 8.08. The largest absolute Gasteiger partial charge is 0.496 e. The van der Waals surface area contributed by atoms with Gasteiger partial charge in [0.2, 0.25) is 0 Å². The number of likely N-dealkylation sites (tertiary alicyclic amines) is 1. The summed E-state index contributed by atoms with van der Waals surface area (Å²) in [6.45, 7) is 4.90. The summed E-state index contributed by atoms with van der Waals surface area (Å²) in [4.78, 5) is 18.8. The first kappa shape index (κ1) is 22.1. The predicted molar refractivity (Wildman–Crippen MR) is 129 cm³/mol. The minimum absolute atomic E-state index is 0.0598. The zero-order valence-corrected chi connectivity index (χ0v) is 20.1. The molecule has 1 aliphatic heterocycles. The average molecular weight is 464 g/mol. The van der Waals surface area contributed by atoms with E-state index in [4.69, 9.17) is 4.74 Å². The molecule has 0 unspecified atom stereocenters. The van der Waals surface area contributed by atoms with Crippen molar-refractivity contribution in [2.75, 3.05) is 32.5 Å². The number of ketones is 1. The van der Waals surface area contributed by atoms with E-state index in [1.165, 1.54) is 12.0 Å². The molecule has 1 saturated carbocycles. The minimum atomic E-state index is 0.0598. The van der Waals surface area contributed by atoms with Crippen LogP contribution in [0, 0.1) is 5.92 Å². The molecule has 3 heterocycles. The molecule has 172 valence electrons. The van der Waals surface area contributed by atoms with E-state index in [-0.39, 0.29) is 11.2 Å². The number of aromatic nitrogens is 4. The number of nitrogens with zero attached hydrogens (tertiary/aromatic N) is 5. The molecule has 1 saturated heterocycles. The number of piperidine rings is 1. The van der Waals surface area contributed by atoms with Crippen LogP contribution in [-0.4, -0.2) is 62.9 Å². The van der Waals surface area contributed by atoms with Gasteiger partial charge in [0.1, 0.15) is 5.75 Å². The summed E-state index contributed by atoms with van der Waals surface area (Å²) in [7, 11) is 3.63. The third kappa shape index (κ3) is 4.17. The van der Waals surface area contributed by atoms with Gasteiger partial charge in [-0.25, -0.2) is 0 Å². The topological polar surface area (TPSA) is 73.1 Å². The molecule has 0 radical (unpaired) electrons. The maximum atomic E-state index is 12.1. The summed E-state index contributed by atoms with van der Waals surface area (Å²) in [5.74, 6) is 3.27. The molecular weight excluding hydrogens is 434 g/mol. The Kier molecular flexibility index (Phi) is 5.97. The summed E-state index contributed by atoms with van der Waals surface area (Å²) in [5.41, 5.74) is 3.18. The molecule has 8 heteroatoms. The lowest BCUT2D eigenvalue weighted by molar-refractivity contribution is 0.101. The second-order valence-electron chi connectivity index (χ2n) is 9.07. The smallest absolute Gasteiger partial charge is 0.191 e. The second kappa shape index (κ2) is 8.91. The van der Waals surface area contributed by atoms with Crippen molar-refractivity contribution in [1.82, 2.24) is 24.6 Å². The van der Waals surface area contributed by atoms with Gasteiger partial charge in [0.15, 0.2) is 16.8 Å². The summed E-state index contributed by atoms with van der Waals surface area (Å²) in [6.07, 6.45) is 5.90. The summed E-state index contributed by atoms with van der Waals surface area (Å²) < 4.78 is 7.42. The van der Waals surface area contributed by atoms with E-state index in [1.54, 1.807) is 32.0 Å². The fourth-order valence-corrected chi connectivity index (χ4v) is 5.97. The second-order valence-corrected chi connectivity index (χ2v) is 10.1. The summed E-state index contributed by atoms with van der Waals surface area (Å²) in [6, 6.07) is 10.1. The molecule has 1 aromatic carbocycles. The molecule has 2 atom stereocenters. The lowest BCUT2D eigenvalue weighted by Crippen LogP contribution is -2.28. The molecule has 0 spiro atoms. The highest BCUT2D eigenvalue weighted by atomic mass is 32.2.